The van der Waals surface area contributed by atoms with Gasteiger partial charge in [0.1, 0.15) is 6.04 Å². The van der Waals surface area contributed by atoms with E-state index in [9.17, 15) is 18.0 Å². The normalized spacial score (nSPS) is 12.6. The monoisotopic (exact) mass is 393 g/mol. The van der Waals surface area contributed by atoms with E-state index in [0.29, 0.717) is 0 Å². The minimum absolute atomic E-state index is 0.0509. The van der Waals surface area contributed by atoms with Gasteiger partial charge in [-0.2, -0.15) is 0 Å². The molecule has 8 heteroatoms. The Labute approximate surface area is 158 Å². The van der Waals surface area contributed by atoms with E-state index in [1.165, 1.54) is 24.5 Å². The fourth-order valence-electron chi connectivity index (χ4n) is 2.38. The topological polar surface area (TPSA) is 103 Å². The lowest BCUT2D eigenvalue weighted by Crippen LogP contribution is -2.45. The number of rotatable bonds is 9. The predicted molar refractivity (Wildman–Crippen MR) is 98.9 cm³/mol. The SMILES string of the molecule is CC(C)[C@H](NC(=O)c1ccco1)C(=O)OCCCS(=O)(=O)c1ccccc1. The third-order valence-corrected chi connectivity index (χ3v) is 5.67. The van der Waals surface area contributed by atoms with Crippen molar-refractivity contribution in [2.45, 2.75) is 31.2 Å². The number of carbonyl (C=O) groups is 2. The number of ether oxygens (including phenoxy) is 1. The lowest BCUT2D eigenvalue weighted by Gasteiger charge is -2.20. The second-order valence-corrected chi connectivity index (χ2v) is 8.43. The van der Waals surface area contributed by atoms with Crippen LogP contribution in [0.1, 0.15) is 30.8 Å². The number of furan rings is 1. The number of nitrogens with one attached hydrogen (secondary N) is 1. The molecule has 2 aromatic rings. The molecule has 0 aliphatic heterocycles. The van der Waals surface area contributed by atoms with Gasteiger partial charge < -0.3 is 14.5 Å². The fourth-order valence-corrected chi connectivity index (χ4v) is 3.68. The molecular weight excluding hydrogens is 370 g/mol. The summed E-state index contributed by atoms with van der Waals surface area (Å²) in [5, 5.41) is 2.58. The number of sulfone groups is 1. The first kappa shape index (κ1) is 20.7. The minimum atomic E-state index is -3.42. The van der Waals surface area contributed by atoms with Gasteiger partial charge in [-0.1, -0.05) is 32.0 Å². The van der Waals surface area contributed by atoms with Crippen LogP contribution in [0.3, 0.4) is 0 Å². The van der Waals surface area contributed by atoms with Gasteiger partial charge in [-0.3, -0.25) is 4.79 Å². The molecule has 1 N–H and O–H groups in total. The Kier molecular flexibility index (Phi) is 7.18. The Balaban J connectivity index is 1.84. The number of amides is 1. The van der Waals surface area contributed by atoms with Crippen LogP contribution < -0.4 is 5.32 Å². The average Bonchev–Trinajstić information content (AvgIpc) is 3.18. The van der Waals surface area contributed by atoms with Crippen LogP contribution in [0.2, 0.25) is 0 Å². The number of hydrogen-bond acceptors (Lipinski definition) is 6. The highest BCUT2D eigenvalue weighted by molar-refractivity contribution is 7.91. The van der Waals surface area contributed by atoms with Crippen LogP contribution in [0.15, 0.2) is 58.0 Å². The first-order valence-corrected chi connectivity index (χ1v) is 10.3. The van der Waals surface area contributed by atoms with Crippen LogP contribution in [0.5, 0.6) is 0 Å². The van der Waals surface area contributed by atoms with Gasteiger partial charge in [0, 0.05) is 0 Å². The van der Waals surface area contributed by atoms with Crippen molar-refractivity contribution < 1.29 is 27.2 Å². The second-order valence-electron chi connectivity index (χ2n) is 6.33. The summed E-state index contributed by atoms with van der Waals surface area (Å²) in [4.78, 5) is 24.6. The van der Waals surface area contributed by atoms with Crippen molar-refractivity contribution in [3.05, 3.63) is 54.5 Å². The molecule has 0 aliphatic rings. The van der Waals surface area contributed by atoms with Crippen molar-refractivity contribution in [1.29, 1.82) is 0 Å². The highest BCUT2D eigenvalue weighted by Gasteiger charge is 2.27. The van der Waals surface area contributed by atoms with Crippen molar-refractivity contribution >= 4 is 21.7 Å². The van der Waals surface area contributed by atoms with Crippen LogP contribution in [0, 0.1) is 5.92 Å². The van der Waals surface area contributed by atoms with E-state index < -0.39 is 27.8 Å². The summed E-state index contributed by atoms with van der Waals surface area (Å²) < 4.78 is 34.5. The lowest BCUT2D eigenvalue weighted by molar-refractivity contribution is -0.147. The van der Waals surface area contributed by atoms with Crippen LogP contribution >= 0.6 is 0 Å². The number of esters is 1. The van der Waals surface area contributed by atoms with Crippen molar-refractivity contribution in [1.82, 2.24) is 5.32 Å². The molecule has 1 aromatic heterocycles. The Bertz CT molecular complexity index is 844. The van der Waals surface area contributed by atoms with Crippen LogP contribution in [0.4, 0.5) is 0 Å². The highest BCUT2D eigenvalue weighted by Crippen LogP contribution is 2.12. The summed E-state index contributed by atoms with van der Waals surface area (Å²) in [6.45, 7) is 3.49. The summed E-state index contributed by atoms with van der Waals surface area (Å²) in [5.41, 5.74) is 0. The van der Waals surface area contributed by atoms with Gasteiger partial charge in [-0.25, -0.2) is 13.2 Å². The first-order valence-electron chi connectivity index (χ1n) is 8.60. The van der Waals surface area contributed by atoms with Gasteiger partial charge in [0.15, 0.2) is 15.6 Å². The highest BCUT2D eigenvalue weighted by atomic mass is 32.2. The molecule has 0 fully saturated rings. The van der Waals surface area contributed by atoms with Crippen LogP contribution in [-0.4, -0.2) is 38.7 Å². The number of carbonyl (C=O) groups excluding carboxylic acids is 2. The van der Waals surface area contributed by atoms with E-state index in [4.69, 9.17) is 9.15 Å². The maximum atomic E-state index is 12.3. The fraction of sp³-hybridized carbons (Fsp3) is 0.368. The molecule has 1 amide bonds. The van der Waals surface area contributed by atoms with Crippen molar-refractivity contribution in [2.24, 2.45) is 5.92 Å². The zero-order valence-corrected chi connectivity index (χ0v) is 16.1. The third-order valence-electron chi connectivity index (χ3n) is 3.86. The Hall–Kier alpha value is -2.61. The molecule has 0 radical (unpaired) electrons. The molecule has 2 rings (SSSR count). The zero-order valence-electron chi connectivity index (χ0n) is 15.3. The van der Waals surface area contributed by atoms with Gasteiger partial charge in [0.25, 0.3) is 5.91 Å². The standard InChI is InChI=1S/C19H23NO6S/c1-14(2)17(20-18(21)16-10-6-11-25-16)19(22)26-12-7-13-27(23,24)15-8-4-3-5-9-15/h3-6,8-11,14,17H,7,12-13H2,1-2H3,(H,20,21)/t17-/m0/s1. The summed E-state index contributed by atoms with van der Waals surface area (Å²) >= 11 is 0. The Morgan fingerprint density at radius 2 is 1.81 bits per heavy atom. The van der Waals surface area contributed by atoms with Crippen molar-refractivity contribution in [3.63, 3.8) is 0 Å². The molecule has 0 saturated heterocycles. The van der Waals surface area contributed by atoms with Crippen molar-refractivity contribution in [2.75, 3.05) is 12.4 Å². The molecule has 146 valence electrons. The molecule has 1 heterocycles. The molecule has 0 aliphatic carbocycles. The van der Waals surface area contributed by atoms with E-state index in [0.717, 1.165) is 0 Å². The number of benzene rings is 1. The van der Waals surface area contributed by atoms with Gasteiger partial charge in [0.05, 0.1) is 23.5 Å². The molecule has 1 aromatic carbocycles. The Morgan fingerprint density at radius 1 is 1.11 bits per heavy atom. The summed E-state index contributed by atoms with van der Waals surface area (Å²) in [7, 11) is -3.42. The number of hydrogen-bond donors (Lipinski definition) is 1. The third kappa shape index (κ3) is 5.96. The van der Waals surface area contributed by atoms with E-state index in [1.54, 1.807) is 38.1 Å². The predicted octanol–water partition coefficient (Wildman–Crippen LogP) is 2.44. The van der Waals surface area contributed by atoms with Crippen molar-refractivity contribution in [3.8, 4) is 0 Å². The van der Waals surface area contributed by atoms with Gasteiger partial charge in [-0.05, 0) is 36.6 Å². The van der Waals surface area contributed by atoms with E-state index in [1.807, 2.05) is 0 Å². The quantitative estimate of drug-likeness (QED) is 0.518. The zero-order chi connectivity index (χ0) is 19.9. The van der Waals surface area contributed by atoms with Crippen LogP contribution in [0.25, 0.3) is 0 Å². The van der Waals surface area contributed by atoms with E-state index >= 15 is 0 Å². The van der Waals surface area contributed by atoms with Gasteiger partial charge >= 0.3 is 5.97 Å². The summed E-state index contributed by atoms with van der Waals surface area (Å²) in [6.07, 6.45) is 1.53. The first-order chi connectivity index (χ1) is 12.8. The molecular formula is C19H23NO6S. The van der Waals surface area contributed by atoms with Crippen LogP contribution in [-0.2, 0) is 19.4 Å². The molecule has 0 spiro atoms. The smallest absolute Gasteiger partial charge is 0.328 e. The molecule has 27 heavy (non-hydrogen) atoms. The molecule has 0 bridgehead atoms. The molecule has 1 atom stereocenters. The molecule has 7 nitrogen and oxygen atoms in total. The maximum Gasteiger partial charge on any atom is 0.328 e. The summed E-state index contributed by atoms with van der Waals surface area (Å²) in [5.74, 6) is -1.36. The minimum Gasteiger partial charge on any atom is -0.464 e. The molecule has 0 saturated carbocycles. The second kappa shape index (κ2) is 9.36. The van der Waals surface area contributed by atoms with E-state index in [2.05, 4.69) is 5.32 Å². The van der Waals surface area contributed by atoms with Gasteiger partial charge in [-0.15, -0.1) is 0 Å². The summed E-state index contributed by atoms with van der Waals surface area (Å²) in [6, 6.07) is 10.3. The maximum absolute atomic E-state index is 12.3. The molecule has 0 unspecified atom stereocenters. The Morgan fingerprint density at radius 3 is 2.41 bits per heavy atom. The largest absolute Gasteiger partial charge is 0.464 e. The van der Waals surface area contributed by atoms with Gasteiger partial charge in [0.2, 0.25) is 0 Å². The average molecular weight is 393 g/mol. The van der Waals surface area contributed by atoms with E-state index in [-0.39, 0.29) is 35.4 Å². The lowest BCUT2D eigenvalue weighted by atomic mass is 10.0.